The standard InChI is InChI=1S/C29H29F2N5O/c1-17(15-37)13-36-14-24(32-16-36)22-8-5-9-25(33-22)29-11-10-19(28(29,2)3)18-12-23(34-35-27(18)29)26-20(30)6-4-7-21(26)31/h4-9,12,14,16-17,19,37H,10-11,13,15H2,1-3H3/t17-,19+,29+/m1/s1. The molecule has 1 fully saturated rings. The van der Waals surface area contributed by atoms with Crippen LogP contribution in [0.25, 0.3) is 22.6 Å². The van der Waals surface area contributed by atoms with E-state index in [2.05, 4.69) is 29.0 Å². The molecule has 0 amide bonds. The van der Waals surface area contributed by atoms with Gasteiger partial charge in [0, 0.05) is 19.3 Å². The predicted molar refractivity (Wildman–Crippen MR) is 136 cm³/mol. The van der Waals surface area contributed by atoms with Crippen molar-refractivity contribution in [3.63, 3.8) is 0 Å². The van der Waals surface area contributed by atoms with Crippen molar-refractivity contribution in [1.29, 1.82) is 0 Å². The number of hydrogen-bond donors (Lipinski definition) is 1. The third kappa shape index (κ3) is 3.45. The van der Waals surface area contributed by atoms with Crippen LogP contribution in [0.3, 0.4) is 0 Å². The van der Waals surface area contributed by atoms with Crippen molar-refractivity contribution < 1.29 is 13.9 Å². The lowest BCUT2D eigenvalue weighted by Gasteiger charge is -2.37. The Labute approximate surface area is 214 Å². The highest BCUT2D eigenvalue weighted by Gasteiger charge is 2.65. The molecule has 8 heteroatoms. The molecule has 0 unspecified atom stereocenters. The quantitative estimate of drug-likeness (QED) is 0.377. The summed E-state index contributed by atoms with van der Waals surface area (Å²) in [5, 5.41) is 18.3. The summed E-state index contributed by atoms with van der Waals surface area (Å²) in [4.78, 5) is 9.66. The number of fused-ring (bicyclic) bond motifs is 5. The summed E-state index contributed by atoms with van der Waals surface area (Å²) >= 11 is 0. The first-order valence-corrected chi connectivity index (χ1v) is 12.7. The minimum Gasteiger partial charge on any atom is -0.396 e. The van der Waals surface area contributed by atoms with E-state index in [1.807, 2.05) is 42.0 Å². The zero-order chi connectivity index (χ0) is 25.9. The smallest absolute Gasteiger partial charge is 0.135 e. The van der Waals surface area contributed by atoms with Gasteiger partial charge >= 0.3 is 0 Å². The monoisotopic (exact) mass is 501 g/mol. The number of hydrogen-bond acceptors (Lipinski definition) is 5. The van der Waals surface area contributed by atoms with E-state index in [1.165, 1.54) is 18.2 Å². The van der Waals surface area contributed by atoms with Gasteiger partial charge in [-0.2, -0.15) is 5.10 Å². The summed E-state index contributed by atoms with van der Waals surface area (Å²) in [6.45, 7) is 7.24. The topological polar surface area (TPSA) is 76.7 Å². The third-order valence-corrected chi connectivity index (χ3v) is 8.52. The highest BCUT2D eigenvalue weighted by molar-refractivity contribution is 5.64. The Bertz CT molecular complexity index is 1480. The van der Waals surface area contributed by atoms with Gasteiger partial charge < -0.3 is 9.67 Å². The molecule has 2 aliphatic rings. The number of aliphatic hydroxyl groups is 1. The van der Waals surface area contributed by atoms with Gasteiger partial charge in [0.05, 0.1) is 40.1 Å². The SMILES string of the molecule is C[C@@H](CO)Cn1cnc(-c2cccc([C@@]34CC[C@@H](c5cc(-c6c(F)cccc6F)nnc53)C4(C)C)n2)c1. The lowest BCUT2D eigenvalue weighted by molar-refractivity contribution is 0.223. The number of nitrogens with zero attached hydrogens (tertiary/aromatic N) is 5. The summed E-state index contributed by atoms with van der Waals surface area (Å²) in [6, 6.07) is 11.7. The van der Waals surface area contributed by atoms with Gasteiger partial charge in [-0.3, -0.25) is 4.98 Å². The zero-order valence-electron chi connectivity index (χ0n) is 21.1. The Morgan fingerprint density at radius 3 is 2.57 bits per heavy atom. The molecule has 3 heterocycles. The van der Waals surface area contributed by atoms with Crippen LogP contribution in [0, 0.1) is 23.0 Å². The van der Waals surface area contributed by atoms with Crippen molar-refractivity contribution in [3.05, 3.63) is 83.6 Å². The third-order valence-electron chi connectivity index (χ3n) is 8.52. The van der Waals surface area contributed by atoms with E-state index >= 15 is 0 Å². The molecule has 6 rings (SSSR count). The lowest BCUT2D eigenvalue weighted by atomic mass is 9.66. The van der Waals surface area contributed by atoms with E-state index in [0.717, 1.165) is 41.2 Å². The molecule has 4 aromatic rings. The number of aromatic nitrogens is 5. The van der Waals surface area contributed by atoms with E-state index in [4.69, 9.17) is 4.98 Å². The normalized spacial score (nSPS) is 22.3. The van der Waals surface area contributed by atoms with Crippen molar-refractivity contribution in [2.75, 3.05) is 6.61 Å². The Morgan fingerprint density at radius 2 is 1.81 bits per heavy atom. The van der Waals surface area contributed by atoms with Crippen LogP contribution >= 0.6 is 0 Å². The van der Waals surface area contributed by atoms with Gasteiger partial charge in [0.25, 0.3) is 0 Å². The van der Waals surface area contributed by atoms with Crippen LogP contribution in [0.1, 0.15) is 56.5 Å². The molecule has 0 saturated heterocycles. The molecule has 1 saturated carbocycles. The van der Waals surface area contributed by atoms with Gasteiger partial charge in [0.15, 0.2) is 0 Å². The van der Waals surface area contributed by atoms with Crippen LogP contribution in [0.2, 0.25) is 0 Å². The highest BCUT2D eigenvalue weighted by Crippen LogP contribution is 2.69. The van der Waals surface area contributed by atoms with Crippen LogP contribution < -0.4 is 0 Å². The molecule has 1 N–H and O–H groups in total. The van der Waals surface area contributed by atoms with Gasteiger partial charge in [-0.15, -0.1) is 5.10 Å². The first-order chi connectivity index (χ1) is 17.8. The molecule has 1 aromatic carbocycles. The van der Waals surface area contributed by atoms with Gasteiger partial charge in [-0.25, -0.2) is 13.8 Å². The van der Waals surface area contributed by atoms with E-state index in [9.17, 15) is 13.9 Å². The Morgan fingerprint density at radius 1 is 1.05 bits per heavy atom. The van der Waals surface area contributed by atoms with Crippen molar-refractivity contribution in [2.24, 2.45) is 11.3 Å². The second-order valence-corrected chi connectivity index (χ2v) is 11.0. The molecule has 0 spiro atoms. The average molecular weight is 502 g/mol. The molecule has 3 aromatic heterocycles. The Kier molecular flexibility index (Phi) is 5.49. The van der Waals surface area contributed by atoms with E-state index in [0.29, 0.717) is 6.54 Å². The fraction of sp³-hybridized carbons (Fsp3) is 0.379. The number of imidazole rings is 1. The summed E-state index contributed by atoms with van der Waals surface area (Å²) in [7, 11) is 0. The fourth-order valence-corrected chi connectivity index (χ4v) is 6.58. The lowest BCUT2D eigenvalue weighted by Crippen LogP contribution is -2.37. The Balaban J connectivity index is 1.43. The fourth-order valence-electron chi connectivity index (χ4n) is 6.58. The second-order valence-electron chi connectivity index (χ2n) is 11.0. The second kappa shape index (κ2) is 8.52. The molecule has 3 atom stereocenters. The molecule has 37 heavy (non-hydrogen) atoms. The van der Waals surface area contributed by atoms with E-state index in [-0.39, 0.29) is 35.1 Å². The van der Waals surface area contributed by atoms with Crippen LogP contribution in [0.15, 0.2) is 55.0 Å². The number of aliphatic hydroxyl groups excluding tert-OH is 1. The van der Waals surface area contributed by atoms with E-state index < -0.39 is 17.0 Å². The van der Waals surface area contributed by atoms with Crippen LogP contribution in [-0.2, 0) is 12.0 Å². The number of pyridine rings is 1. The van der Waals surface area contributed by atoms with Crippen LogP contribution in [-0.4, -0.2) is 36.4 Å². The average Bonchev–Trinajstić information content (AvgIpc) is 3.51. The van der Waals surface area contributed by atoms with Crippen molar-refractivity contribution in [2.45, 2.75) is 51.5 Å². The van der Waals surface area contributed by atoms with Crippen LogP contribution in [0.5, 0.6) is 0 Å². The summed E-state index contributed by atoms with van der Waals surface area (Å²) in [5.41, 5.74) is 3.70. The van der Waals surface area contributed by atoms with E-state index in [1.54, 1.807) is 6.33 Å². The summed E-state index contributed by atoms with van der Waals surface area (Å²) in [5.74, 6) is -0.980. The number of rotatable bonds is 6. The molecule has 0 aliphatic heterocycles. The molecule has 0 radical (unpaired) electrons. The molecule has 2 bridgehead atoms. The van der Waals surface area contributed by atoms with Crippen molar-refractivity contribution in [1.82, 2.24) is 24.7 Å². The maximum Gasteiger partial charge on any atom is 0.135 e. The minimum atomic E-state index is -0.645. The first-order valence-electron chi connectivity index (χ1n) is 12.7. The zero-order valence-corrected chi connectivity index (χ0v) is 21.1. The molecule has 2 aliphatic carbocycles. The molecular formula is C29H29F2N5O. The summed E-state index contributed by atoms with van der Waals surface area (Å²) < 4.78 is 31.0. The largest absolute Gasteiger partial charge is 0.396 e. The number of benzene rings is 1. The van der Waals surface area contributed by atoms with Crippen LogP contribution in [0.4, 0.5) is 8.78 Å². The molecule has 6 nitrogen and oxygen atoms in total. The van der Waals surface area contributed by atoms with Gasteiger partial charge in [0.2, 0.25) is 0 Å². The van der Waals surface area contributed by atoms with Gasteiger partial charge in [-0.1, -0.05) is 32.9 Å². The first kappa shape index (κ1) is 23.9. The Hall–Kier alpha value is -3.52. The van der Waals surface area contributed by atoms with Gasteiger partial charge in [0.1, 0.15) is 17.3 Å². The van der Waals surface area contributed by atoms with Crippen molar-refractivity contribution >= 4 is 0 Å². The maximum atomic E-state index is 14.5. The van der Waals surface area contributed by atoms with Gasteiger partial charge in [-0.05, 0) is 66.0 Å². The highest BCUT2D eigenvalue weighted by atomic mass is 19.1. The van der Waals surface area contributed by atoms with Crippen molar-refractivity contribution in [3.8, 4) is 22.6 Å². The maximum absolute atomic E-state index is 14.5. The number of halogens is 2. The summed E-state index contributed by atoms with van der Waals surface area (Å²) in [6.07, 6.45) is 5.53. The molecule has 190 valence electrons. The minimum absolute atomic E-state index is 0.117. The predicted octanol–water partition coefficient (Wildman–Crippen LogP) is 5.51. The molecular weight excluding hydrogens is 472 g/mol.